The minimum Gasteiger partial charge on any atom is -0.389 e. The van der Waals surface area contributed by atoms with E-state index in [9.17, 15) is 13.9 Å². The summed E-state index contributed by atoms with van der Waals surface area (Å²) in [5.74, 6) is -0.681. The van der Waals surface area contributed by atoms with Gasteiger partial charge in [0.05, 0.1) is 6.10 Å². The maximum Gasteiger partial charge on any atom is 0.128 e. The summed E-state index contributed by atoms with van der Waals surface area (Å²) in [6.07, 6.45) is 1.89. The van der Waals surface area contributed by atoms with Gasteiger partial charge in [0, 0.05) is 25.2 Å². The third kappa shape index (κ3) is 4.35. The number of benzene rings is 1. The van der Waals surface area contributed by atoms with Crippen molar-refractivity contribution in [3.63, 3.8) is 0 Å². The van der Waals surface area contributed by atoms with Crippen LogP contribution < -0.4 is 10.6 Å². The monoisotopic (exact) mass is 310 g/mol. The predicted octanol–water partition coefficient (Wildman–Crippen LogP) is 2.14. The molecule has 0 aliphatic carbocycles. The summed E-state index contributed by atoms with van der Waals surface area (Å²) < 4.78 is 28.2. The van der Waals surface area contributed by atoms with E-state index in [1.807, 2.05) is 13.0 Å². The molecule has 0 saturated heterocycles. The molecule has 0 bridgehead atoms. The molecule has 1 aliphatic rings. The van der Waals surface area contributed by atoms with Gasteiger partial charge >= 0.3 is 0 Å². The van der Waals surface area contributed by atoms with Crippen LogP contribution in [-0.4, -0.2) is 30.8 Å². The third-order valence-electron chi connectivity index (χ3n) is 3.99. The van der Waals surface area contributed by atoms with Crippen molar-refractivity contribution in [1.29, 1.82) is 0 Å². The lowest BCUT2D eigenvalue weighted by molar-refractivity contribution is 0.223. The molecule has 22 heavy (non-hydrogen) atoms. The molecule has 1 heterocycles. The van der Waals surface area contributed by atoms with Gasteiger partial charge in [0.2, 0.25) is 0 Å². The maximum atomic E-state index is 14.2. The van der Waals surface area contributed by atoms with E-state index in [4.69, 9.17) is 0 Å². The molecule has 1 aromatic rings. The molecule has 0 aromatic heterocycles. The van der Waals surface area contributed by atoms with Gasteiger partial charge in [0.25, 0.3) is 0 Å². The Bertz CT molecular complexity index is 544. The molecule has 3 nitrogen and oxygen atoms in total. The Balaban J connectivity index is 2.13. The minimum absolute atomic E-state index is 0.0619. The molecule has 1 aliphatic heterocycles. The van der Waals surface area contributed by atoms with Crippen LogP contribution in [0.1, 0.15) is 25.0 Å². The van der Waals surface area contributed by atoms with Crippen LogP contribution in [0.25, 0.3) is 0 Å². The molecule has 2 atom stereocenters. The van der Waals surface area contributed by atoms with E-state index in [1.165, 1.54) is 12.1 Å². The summed E-state index contributed by atoms with van der Waals surface area (Å²) in [5.41, 5.74) is 1.64. The lowest BCUT2D eigenvalue weighted by atomic mass is 9.92. The standard InChI is InChI=1S/C17H24F2N2O/c1-3-20-10-15-7-16(18)13(6-17(15)19)4-12-5-14(11(2)22)9-21-8-12/h5-7,11-12,20-22H,3-4,8-10H2,1-2H3. The van der Waals surface area contributed by atoms with Gasteiger partial charge in [-0.1, -0.05) is 13.0 Å². The lowest BCUT2D eigenvalue weighted by Crippen LogP contribution is -2.33. The number of nitrogens with one attached hydrogen (secondary N) is 2. The van der Waals surface area contributed by atoms with Crippen molar-refractivity contribution in [3.05, 3.63) is 46.5 Å². The number of aliphatic hydroxyl groups is 1. The average molecular weight is 310 g/mol. The molecular weight excluding hydrogens is 286 g/mol. The summed E-state index contributed by atoms with van der Waals surface area (Å²) in [6, 6.07) is 2.58. The summed E-state index contributed by atoms with van der Waals surface area (Å²) in [4.78, 5) is 0. The van der Waals surface area contributed by atoms with Gasteiger partial charge < -0.3 is 15.7 Å². The van der Waals surface area contributed by atoms with Crippen LogP contribution in [0, 0.1) is 17.6 Å². The molecule has 3 N–H and O–H groups in total. The van der Waals surface area contributed by atoms with E-state index in [0.717, 1.165) is 5.57 Å². The van der Waals surface area contributed by atoms with Crippen LogP contribution in [0.3, 0.4) is 0 Å². The fourth-order valence-electron chi connectivity index (χ4n) is 2.70. The Morgan fingerprint density at radius 2 is 2.00 bits per heavy atom. The van der Waals surface area contributed by atoms with Crippen molar-refractivity contribution in [3.8, 4) is 0 Å². The Morgan fingerprint density at radius 1 is 1.32 bits per heavy atom. The van der Waals surface area contributed by atoms with Crippen molar-refractivity contribution in [2.45, 2.75) is 32.9 Å². The fourth-order valence-corrected chi connectivity index (χ4v) is 2.70. The normalized spacial score (nSPS) is 19.9. The maximum absolute atomic E-state index is 14.2. The number of hydrogen-bond acceptors (Lipinski definition) is 3. The second-order valence-corrected chi connectivity index (χ2v) is 5.83. The molecule has 2 rings (SSSR count). The van der Waals surface area contributed by atoms with Crippen molar-refractivity contribution >= 4 is 0 Å². The van der Waals surface area contributed by atoms with E-state index in [-0.39, 0.29) is 17.6 Å². The molecule has 2 unspecified atom stereocenters. The van der Waals surface area contributed by atoms with Gasteiger partial charge in [0.1, 0.15) is 11.6 Å². The highest BCUT2D eigenvalue weighted by molar-refractivity contribution is 5.28. The molecule has 0 saturated carbocycles. The van der Waals surface area contributed by atoms with Gasteiger partial charge in [0.15, 0.2) is 0 Å². The SMILES string of the molecule is CCNCc1cc(F)c(CC2C=C(C(C)O)CNC2)cc1F. The smallest absolute Gasteiger partial charge is 0.128 e. The molecule has 1 aromatic carbocycles. The Labute approximate surface area is 130 Å². The molecule has 0 spiro atoms. The molecular formula is C17H24F2N2O. The summed E-state index contributed by atoms with van der Waals surface area (Å²) in [7, 11) is 0. The van der Waals surface area contributed by atoms with Crippen LogP contribution in [0.2, 0.25) is 0 Å². The van der Waals surface area contributed by atoms with E-state index in [1.54, 1.807) is 6.92 Å². The van der Waals surface area contributed by atoms with Crippen LogP contribution in [0.15, 0.2) is 23.8 Å². The van der Waals surface area contributed by atoms with E-state index in [0.29, 0.717) is 43.7 Å². The van der Waals surface area contributed by atoms with Crippen molar-refractivity contribution < 1.29 is 13.9 Å². The van der Waals surface area contributed by atoms with E-state index < -0.39 is 6.10 Å². The first-order valence-electron chi connectivity index (χ1n) is 7.78. The first-order valence-corrected chi connectivity index (χ1v) is 7.78. The van der Waals surface area contributed by atoms with Gasteiger partial charge in [-0.15, -0.1) is 0 Å². The second kappa shape index (κ2) is 7.81. The summed E-state index contributed by atoms with van der Waals surface area (Å²) in [5, 5.41) is 15.8. The predicted molar refractivity (Wildman–Crippen MR) is 83.6 cm³/mol. The van der Waals surface area contributed by atoms with Gasteiger partial charge in [-0.2, -0.15) is 0 Å². The number of halogens is 2. The molecule has 0 amide bonds. The lowest BCUT2D eigenvalue weighted by Gasteiger charge is -2.24. The quantitative estimate of drug-likeness (QED) is 0.706. The summed E-state index contributed by atoms with van der Waals surface area (Å²) in [6.45, 7) is 6.03. The van der Waals surface area contributed by atoms with Crippen LogP contribution >= 0.6 is 0 Å². The topological polar surface area (TPSA) is 44.3 Å². The van der Waals surface area contributed by atoms with E-state index >= 15 is 0 Å². The Hall–Kier alpha value is -1.30. The first-order chi connectivity index (χ1) is 10.5. The molecule has 0 fully saturated rings. The zero-order valence-corrected chi connectivity index (χ0v) is 13.1. The van der Waals surface area contributed by atoms with Crippen LogP contribution in [0.4, 0.5) is 8.78 Å². The Morgan fingerprint density at radius 3 is 2.68 bits per heavy atom. The van der Waals surface area contributed by atoms with Crippen LogP contribution in [0.5, 0.6) is 0 Å². The average Bonchev–Trinajstić information content (AvgIpc) is 2.49. The first kappa shape index (κ1) is 17.1. The molecule has 122 valence electrons. The zero-order valence-electron chi connectivity index (χ0n) is 13.1. The minimum atomic E-state index is -0.514. The van der Waals surface area contributed by atoms with Crippen LogP contribution in [-0.2, 0) is 13.0 Å². The number of hydrogen-bond donors (Lipinski definition) is 3. The number of rotatable bonds is 6. The second-order valence-electron chi connectivity index (χ2n) is 5.83. The summed E-state index contributed by atoms with van der Waals surface area (Å²) >= 11 is 0. The highest BCUT2D eigenvalue weighted by atomic mass is 19.1. The Kier molecular flexibility index (Phi) is 6.06. The van der Waals surface area contributed by atoms with Gasteiger partial charge in [-0.3, -0.25) is 0 Å². The van der Waals surface area contributed by atoms with Crippen molar-refractivity contribution in [2.75, 3.05) is 19.6 Å². The molecule has 5 heteroatoms. The number of aliphatic hydroxyl groups excluding tert-OH is 1. The molecule has 0 radical (unpaired) electrons. The highest BCUT2D eigenvalue weighted by Gasteiger charge is 2.19. The van der Waals surface area contributed by atoms with E-state index in [2.05, 4.69) is 10.6 Å². The fraction of sp³-hybridized carbons (Fsp3) is 0.529. The van der Waals surface area contributed by atoms with Gasteiger partial charge in [-0.05, 0) is 49.1 Å². The zero-order chi connectivity index (χ0) is 16.1. The third-order valence-corrected chi connectivity index (χ3v) is 3.99. The van der Waals surface area contributed by atoms with Gasteiger partial charge in [-0.25, -0.2) is 8.78 Å². The highest BCUT2D eigenvalue weighted by Crippen LogP contribution is 2.21. The largest absolute Gasteiger partial charge is 0.389 e. The van der Waals surface area contributed by atoms with Crippen molar-refractivity contribution in [1.82, 2.24) is 10.6 Å². The van der Waals surface area contributed by atoms with Crippen molar-refractivity contribution in [2.24, 2.45) is 5.92 Å².